The Hall–Kier alpha value is -2.69. The smallest absolute Gasteiger partial charge is 0.181 e. The van der Waals surface area contributed by atoms with Crippen molar-refractivity contribution in [2.24, 2.45) is 0 Å². The fraction of sp³-hybridized carbons (Fsp3) is 0.133. The minimum absolute atomic E-state index is 0.714. The predicted octanol–water partition coefficient (Wildman–Crippen LogP) is 2.17. The van der Waals surface area contributed by atoms with Crippen LogP contribution in [0.3, 0.4) is 0 Å². The van der Waals surface area contributed by atoms with Gasteiger partial charge in [-0.3, -0.25) is 9.67 Å². The van der Waals surface area contributed by atoms with Gasteiger partial charge in [0, 0.05) is 36.1 Å². The minimum Gasteiger partial charge on any atom is -0.399 e. The van der Waals surface area contributed by atoms with Crippen LogP contribution in [0, 0.1) is 0 Å². The average Bonchev–Trinajstić information content (AvgIpc) is 2.96. The summed E-state index contributed by atoms with van der Waals surface area (Å²) in [5.41, 5.74) is 8.43. The Kier molecular flexibility index (Phi) is 3.41. The Morgan fingerprint density at radius 3 is 2.60 bits per heavy atom. The van der Waals surface area contributed by atoms with Crippen LogP contribution in [0.25, 0.3) is 11.4 Å². The van der Waals surface area contributed by atoms with Crippen LogP contribution >= 0.6 is 0 Å². The highest BCUT2D eigenvalue weighted by Crippen LogP contribution is 2.15. The average molecular weight is 265 g/mol. The molecule has 3 aromatic rings. The molecule has 0 bridgehead atoms. The molecule has 2 aromatic heterocycles. The van der Waals surface area contributed by atoms with Gasteiger partial charge in [-0.25, -0.2) is 4.98 Å². The third kappa shape index (κ3) is 2.83. The molecule has 0 saturated heterocycles. The third-order valence-corrected chi connectivity index (χ3v) is 3.03. The van der Waals surface area contributed by atoms with E-state index in [1.54, 1.807) is 12.5 Å². The number of anilines is 1. The first kappa shape index (κ1) is 12.3. The molecule has 3 rings (SSSR count). The molecule has 0 unspecified atom stereocenters. The van der Waals surface area contributed by atoms with E-state index in [4.69, 9.17) is 5.73 Å². The van der Waals surface area contributed by atoms with E-state index < -0.39 is 0 Å². The number of hydrogen-bond donors (Lipinski definition) is 1. The minimum atomic E-state index is 0.714. The number of aromatic nitrogens is 4. The molecule has 5 nitrogen and oxygen atoms in total. The van der Waals surface area contributed by atoms with E-state index in [2.05, 4.69) is 15.1 Å². The van der Waals surface area contributed by atoms with Gasteiger partial charge >= 0.3 is 0 Å². The second kappa shape index (κ2) is 5.52. The van der Waals surface area contributed by atoms with Gasteiger partial charge in [0.25, 0.3) is 0 Å². The number of benzene rings is 1. The summed E-state index contributed by atoms with van der Waals surface area (Å²) < 4.78 is 1.83. The highest BCUT2D eigenvalue weighted by molar-refractivity contribution is 5.57. The molecule has 1 aromatic carbocycles. The number of rotatable bonds is 4. The summed E-state index contributed by atoms with van der Waals surface area (Å²) in [6.45, 7) is 0.763. The van der Waals surface area contributed by atoms with Crippen molar-refractivity contribution in [1.29, 1.82) is 0 Å². The summed E-state index contributed by atoms with van der Waals surface area (Å²) in [5.74, 6) is 0.714. The Labute approximate surface area is 117 Å². The largest absolute Gasteiger partial charge is 0.399 e. The molecule has 0 aliphatic carbocycles. The van der Waals surface area contributed by atoms with Gasteiger partial charge < -0.3 is 5.73 Å². The maximum atomic E-state index is 5.67. The molecule has 2 N–H and O–H groups in total. The van der Waals surface area contributed by atoms with E-state index in [9.17, 15) is 0 Å². The highest BCUT2D eigenvalue weighted by Gasteiger charge is 2.04. The van der Waals surface area contributed by atoms with Crippen LogP contribution in [-0.4, -0.2) is 19.7 Å². The van der Waals surface area contributed by atoms with Gasteiger partial charge in [-0.2, -0.15) is 5.10 Å². The number of nitrogens with two attached hydrogens (primary N) is 1. The maximum absolute atomic E-state index is 5.67. The molecular formula is C15H15N5. The molecule has 5 heteroatoms. The molecule has 0 fully saturated rings. The molecule has 0 atom stereocenters. The topological polar surface area (TPSA) is 69.6 Å². The zero-order chi connectivity index (χ0) is 13.8. The van der Waals surface area contributed by atoms with E-state index >= 15 is 0 Å². The summed E-state index contributed by atoms with van der Waals surface area (Å²) in [5, 5.41) is 4.46. The monoisotopic (exact) mass is 265 g/mol. The van der Waals surface area contributed by atoms with Crippen LogP contribution in [0.5, 0.6) is 0 Å². The SMILES string of the molecule is Nc1ccc(-c2ncn(CCc3ccccn3)n2)cc1. The first-order valence-electron chi connectivity index (χ1n) is 6.46. The number of nitrogens with zero attached hydrogens (tertiary/aromatic N) is 4. The quantitative estimate of drug-likeness (QED) is 0.734. The zero-order valence-electron chi connectivity index (χ0n) is 11.0. The standard InChI is InChI=1S/C15H15N5/c16-13-6-4-12(5-7-13)15-18-11-20(19-15)10-8-14-3-1-2-9-17-14/h1-7,9,11H,8,10,16H2. The lowest BCUT2D eigenvalue weighted by Crippen LogP contribution is -2.03. The normalized spacial score (nSPS) is 10.6. The van der Waals surface area contributed by atoms with Crippen molar-refractivity contribution in [3.05, 3.63) is 60.7 Å². The van der Waals surface area contributed by atoms with Crippen LogP contribution in [0.4, 0.5) is 5.69 Å². The van der Waals surface area contributed by atoms with Gasteiger partial charge in [-0.1, -0.05) is 6.07 Å². The molecule has 0 amide bonds. The van der Waals surface area contributed by atoms with Crippen LogP contribution in [0.2, 0.25) is 0 Å². The molecule has 0 aliphatic rings. The van der Waals surface area contributed by atoms with Gasteiger partial charge in [-0.05, 0) is 36.4 Å². The van der Waals surface area contributed by atoms with Gasteiger partial charge in [0.15, 0.2) is 5.82 Å². The van der Waals surface area contributed by atoms with Gasteiger partial charge in [0.2, 0.25) is 0 Å². The van der Waals surface area contributed by atoms with Crippen LogP contribution in [0.1, 0.15) is 5.69 Å². The summed E-state index contributed by atoms with van der Waals surface area (Å²) >= 11 is 0. The highest BCUT2D eigenvalue weighted by atomic mass is 15.3. The van der Waals surface area contributed by atoms with E-state index in [1.807, 2.05) is 47.1 Å². The number of hydrogen-bond acceptors (Lipinski definition) is 4. The predicted molar refractivity (Wildman–Crippen MR) is 77.8 cm³/mol. The summed E-state index contributed by atoms with van der Waals surface area (Å²) in [6, 6.07) is 13.5. The third-order valence-electron chi connectivity index (χ3n) is 3.03. The molecule has 2 heterocycles. The van der Waals surface area contributed by atoms with E-state index in [0.717, 1.165) is 29.9 Å². The molecule has 20 heavy (non-hydrogen) atoms. The molecule has 0 saturated carbocycles. The number of nitrogen functional groups attached to an aromatic ring is 1. The molecule has 100 valence electrons. The Bertz CT molecular complexity index is 673. The van der Waals surface area contributed by atoms with Crippen LogP contribution < -0.4 is 5.73 Å². The maximum Gasteiger partial charge on any atom is 0.181 e. The van der Waals surface area contributed by atoms with Crippen LogP contribution in [0.15, 0.2) is 55.0 Å². The second-order valence-electron chi connectivity index (χ2n) is 4.52. The second-order valence-corrected chi connectivity index (χ2v) is 4.52. The van der Waals surface area contributed by atoms with Crippen LogP contribution in [-0.2, 0) is 13.0 Å². The summed E-state index contributed by atoms with van der Waals surface area (Å²) in [4.78, 5) is 8.61. The molecule has 0 aliphatic heterocycles. The summed E-state index contributed by atoms with van der Waals surface area (Å²) in [7, 11) is 0. The lowest BCUT2D eigenvalue weighted by Gasteiger charge is -2.00. The van der Waals surface area contributed by atoms with Gasteiger partial charge in [0.1, 0.15) is 6.33 Å². The van der Waals surface area contributed by atoms with Crippen molar-refractivity contribution < 1.29 is 0 Å². The van der Waals surface area contributed by atoms with Crippen molar-refractivity contribution in [2.75, 3.05) is 5.73 Å². The lowest BCUT2D eigenvalue weighted by molar-refractivity contribution is 0.608. The molecule has 0 radical (unpaired) electrons. The first-order chi connectivity index (χ1) is 9.81. The van der Waals surface area contributed by atoms with Crippen molar-refractivity contribution in [3.8, 4) is 11.4 Å². The van der Waals surface area contributed by atoms with E-state index in [1.165, 1.54) is 0 Å². The van der Waals surface area contributed by atoms with E-state index in [-0.39, 0.29) is 0 Å². The lowest BCUT2D eigenvalue weighted by atomic mass is 10.2. The fourth-order valence-corrected chi connectivity index (χ4v) is 1.94. The molecular weight excluding hydrogens is 250 g/mol. The van der Waals surface area contributed by atoms with Gasteiger partial charge in [-0.15, -0.1) is 0 Å². The Morgan fingerprint density at radius 2 is 1.85 bits per heavy atom. The Balaban J connectivity index is 1.69. The number of pyridine rings is 1. The molecule has 0 spiro atoms. The Morgan fingerprint density at radius 1 is 1.00 bits per heavy atom. The van der Waals surface area contributed by atoms with Crippen molar-refractivity contribution >= 4 is 5.69 Å². The fourth-order valence-electron chi connectivity index (χ4n) is 1.94. The van der Waals surface area contributed by atoms with E-state index in [0.29, 0.717) is 5.82 Å². The number of aryl methyl sites for hydroxylation is 2. The van der Waals surface area contributed by atoms with Gasteiger partial charge in [0.05, 0.1) is 0 Å². The zero-order valence-corrected chi connectivity index (χ0v) is 11.0. The van der Waals surface area contributed by atoms with Crippen molar-refractivity contribution in [3.63, 3.8) is 0 Å². The first-order valence-corrected chi connectivity index (χ1v) is 6.46. The van der Waals surface area contributed by atoms with Crippen molar-refractivity contribution in [2.45, 2.75) is 13.0 Å². The van der Waals surface area contributed by atoms with Crippen molar-refractivity contribution in [1.82, 2.24) is 19.7 Å². The summed E-state index contributed by atoms with van der Waals surface area (Å²) in [6.07, 6.45) is 4.39.